The number of hydrogen-bond acceptors (Lipinski definition) is 10. The summed E-state index contributed by atoms with van der Waals surface area (Å²) in [7, 11) is -7.09. The number of para-hydroxylation sites is 1. The van der Waals surface area contributed by atoms with Crippen molar-refractivity contribution < 1.29 is 16.8 Å². The summed E-state index contributed by atoms with van der Waals surface area (Å²) in [5.74, 6) is -1.29. The highest BCUT2D eigenvalue weighted by Crippen LogP contribution is 2.41. The van der Waals surface area contributed by atoms with Crippen molar-refractivity contribution in [3.63, 3.8) is 0 Å². The molecule has 0 saturated heterocycles. The van der Waals surface area contributed by atoms with Crippen molar-refractivity contribution in [3.8, 4) is 30.3 Å². The fourth-order valence-electron chi connectivity index (χ4n) is 6.88. The van der Waals surface area contributed by atoms with E-state index < -0.39 is 26.0 Å². The second kappa shape index (κ2) is 19.0. The van der Waals surface area contributed by atoms with Crippen LogP contribution in [0.3, 0.4) is 0 Å². The van der Waals surface area contributed by atoms with Crippen LogP contribution in [0.1, 0.15) is 29.5 Å². The molecule has 3 aromatic rings. The van der Waals surface area contributed by atoms with Gasteiger partial charge in [0.2, 0.25) is 20.0 Å². The summed E-state index contributed by atoms with van der Waals surface area (Å²) < 4.78 is 51.6. The van der Waals surface area contributed by atoms with Gasteiger partial charge in [-0.3, -0.25) is 9.44 Å². The highest BCUT2D eigenvalue weighted by Gasteiger charge is 2.29. The molecule has 0 aromatic heterocycles. The molecule has 13 nitrogen and oxygen atoms in total. The first-order valence-electron chi connectivity index (χ1n) is 18.1. The number of nitrogens with one attached hydrogen (secondary N) is 2. The van der Waals surface area contributed by atoms with Crippen molar-refractivity contribution >= 4 is 48.3 Å². The van der Waals surface area contributed by atoms with E-state index in [1.165, 1.54) is 60.2 Å². The van der Waals surface area contributed by atoms with E-state index in [1.807, 2.05) is 48.6 Å². The molecule has 0 unspecified atom stereocenters. The van der Waals surface area contributed by atoms with Crippen LogP contribution in [-0.2, 0) is 26.5 Å². The Labute approximate surface area is 350 Å². The Morgan fingerprint density at radius 2 is 1.40 bits per heavy atom. The van der Waals surface area contributed by atoms with Crippen LogP contribution >= 0.6 is 0 Å². The first-order valence-corrected chi connectivity index (χ1v) is 21.9. The van der Waals surface area contributed by atoms with Gasteiger partial charge in [0.05, 0.1) is 60.6 Å². The zero-order valence-electron chi connectivity index (χ0n) is 32.4. The Morgan fingerprint density at radius 3 is 1.95 bits per heavy atom. The SMILES string of the molecule is [C-]#[N+]C(C#N)=C(C(C#N)=CC=CC1=C(N2CCc3ccccc32)C(=CC=CC(C#N)=C(c2ccc(NS(C)(=O)=O)cc2)C(C#N)C#N)CC1)c1ccc(NS(C)(=O)=O)cc1. The van der Waals surface area contributed by atoms with Gasteiger partial charge in [0, 0.05) is 40.5 Å². The Kier molecular flexibility index (Phi) is 13.7. The largest absolute Gasteiger partial charge is 0.340 e. The number of fused-ring (bicyclic) bond motifs is 1. The number of sulfonamides is 2. The zero-order valence-corrected chi connectivity index (χ0v) is 34.0. The van der Waals surface area contributed by atoms with Gasteiger partial charge in [-0.1, -0.05) is 66.8 Å². The van der Waals surface area contributed by atoms with Gasteiger partial charge < -0.3 is 4.90 Å². The molecule has 296 valence electrons. The standard InChI is InChI=1S/C45H35N9O4S2/c1-51-41(30-50)44(33-18-22-40(23-19-33)53-60(3,57)58)37(27-47)12-7-10-35-15-14-34(45(35)54-25-24-31-8-4-5-13-42(31)54)9-6-11-36(26-46)43(38(28-48)29-49)32-16-20-39(21-17-32)52-59(2,55)56/h4-13,16-23,38,52-53H,14-15,24-25H2,2-3H3. The molecule has 60 heavy (non-hydrogen) atoms. The topological polar surface area (TPSA) is 219 Å². The zero-order chi connectivity index (χ0) is 43.5. The molecule has 0 radical (unpaired) electrons. The van der Waals surface area contributed by atoms with Crippen LogP contribution in [0.4, 0.5) is 17.1 Å². The molecule has 0 fully saturated rings. The lowest BCUT2D eigenvalue weighted by atomic mass is 9.90. The van der Waals surface area contributed by atoms with Gasteiger partial charge in [-0.05, 0) is 89.6 Å². The maximum absolute atomic E-state index is 11.7. The molecule has 0 spiro atoms. The second-order valence-electron chi connectivity index (χ2n) is 13.5. The quantitative estimate of drug-likeness (QED) is 0.0966. The molecule has 0 bridgehead atoms. The average molecular weight is 830 g/mol. The predicted molar refractivity (Wildman–Crippen MR) is 230 cm³/mol. The molecule has 15 heteroatoms. The van der Waals surface area contributed by atoms with E-state index in [1.54, 1.807) is 18.2 Å². The fraction of sp³-hybridized carbons (Fsp3) is 0.156. The number of nitriles is 5. The molecule has 2 aliphatic rings. The van der Waals surface area contributed by atoms with Crippen LogP contribution in [0.5, 0.6) is 0 Å². The number of rotatable bonds is 13. The van der Waals surface area contributed by atoms with E-state index in [2.05, 4.69) is 37.4 Å². The third-order valence-electron chi connectivity index (χ3n) is 9.33. The smallest absolute Gasteiger partial charge is 0.270 e. The van der Waals surface area contributed by atoms with Crippen LogP contribution in [-0.4, -0.2) is 35.9 Å². The number of allylic oxidation sites excluding steroid dienone is 13. The third kappa shape index (κ3) is 10.5. The number of nitrogens with zero attached hydrogens (tertiary/aromatic N) is 7. The normalized spacial score (nSPS) is 15.7. The second-order valence-corrected chi connectivity index (χ2v) is 17.0. The average Bonchev–Trinajstić information content (AvgIpc) is 3.83. The van der Waals surface area contributed by atoms with Gasteiger partial charge in [-0.2, -0.15) is 21.0 Å². The maximum atomic E-state index is 11.7. The third-order valence-corrected chi connectivity index (χ3v) is 10.5. The molecule has 1 heterocycles. The summed E-state index contributed by atoms with van der Waals surface area (Å²) >= 11 is 0. The van der Waals surface area contributed by atoms with Crippen LogP contribution in [0.25, 0.3) is 16.0 Å². The summed E-state index contributed by atoms with van der Waals surface area (Å²) in [4.78, 5) is 5.58. The molecule has 1 aliphatic heterocycles. The minimum atomic E-state index is -3.55. The Hall–Kier alpha value is -7.92. The maximum Gasteiger partial charge on any atom is 0.270 e. The Morgan fingerprint density at radius 1 is 0.783 bits per heavy atom. The van der Waals surface area contributed by atoms with E-state index in [9.17, 15) is 43.1 Å². The highest BCUT2D eigenvalue weighted by molar-refractivity contribution is 7.92. The number of benzene rings is 3. The van der Waals surface area contributed by atoms with Crippen molar-refractivity contribution in [1.29, 1.82) is 26.3 Å². The van der Waals surface area contributed by atoms with Crippen LogP contribution in [0.2, 0.25) is 0 Å². The molecule has 5 rings (SSSR count). The van der Waals surface area contributed by atoms with Crippen molar-refractivity contribution in [1.82, 2.24) is 0 Å². The molecule has 1 aliphatic carbocycles. The summed E-state index contributed by atoms with van der Waals surface area (Å²) in [6, 6.07) is 30.1. The van der Waals surface area contributed by atoms with Gasteiger partial charge in [-0.15, -0.1) is 0 Å². The Bertz CT molecular complexity index is 2900. The molecule has 2 N–H and O–H groups in total. The van der Waals surface area contributed by atoms with Gasteiger partial charge in [0.1, 0.15) is 0 Å². The minimum Gasteiger partial charge on any atom is -0.340 e. The number of hydrogen-bond donors (Lipinski definition) is 2. The predicted octanol–water partition coefficient (Wildman–Crippen LogP) is 7.82. The lowest BCUT2D eigenvalue weighted by Gasteiger charge is -2.23. The van der Waals surface area contributed by atoms with Crippen LogP contribution in [0.15, 0.2) is 143 Å². The van der Waals surface area contributed by atoms with Gasteiger partial charge in [0.15, 0.2) is 5.92 Å². The van der Waals surface area contributed by atoms with Crippen LogP contribution in [0, 0.1) is 69.1 Å². The molecule has 0 atom stereocenters. The van der Waals surface area contributed by atoms with Crippen molar-refractivity contribution in [2.45, 2.75) is 19.3 Å². The summed E-state index contributed by atoms with van der Waals surface area (Å²) in [5, 5.41) is 50.0. The van der Waals surface area contributed by atoms with E-state index in [0.717, 1.165) is 41.5 Å². The van der Waals surface area contributed by atoms with Gasteiger partial charge in [-0.25, -0.2) is 26.9 Å². The van der Waals surface area contributed by atoms with E-state index >= 15 is 0 Å². The van der Waals surface area contributed by atoms with Crippen molar-refractivity contribution in [2.24, 2.45) is 5.92 Å². The monoisotopic (exact) mass is 829 g/mol. The van der Waals surface area contributed by atoms with Gasteiger partial charge in [0.25, 0.3) is 5.70 Å². The molecule has 3 aromatic carbocycles. The van der Waals surface area contributed by atoms with Crippen molar-refractivity contribution in [3.05, 3.63) is 171 Å². The number of anilines is 3. The Balaban J connectivity index is 1.57. The van der Waals surface area contributed by atoms with E-state index in [0.29, 0.717) is 30.5 Å². The lowest BCUT2D eigenvalue weighted by molar-refractivity contribution is 0.605. The molecular weight excluding hydrogens is 795 g/mol. The lowest BCUT2D eigenvalue weighted by Crippen LogP contribution is -2.20. The van der Waals surface area contributed by atoms with Crippen LogP contribution < -0.4 is 14.3 Å². The highest BCUT2D eigenvalue weighted by atomic mass is 32.2. The minimum absolute atomic E-state index is 0.0500. The molecule has 0 amide bonds. The van der Waals surface area contributed by atoms with Crippen molar-refractivity contribution in [2.75, 3.05) is 33.4 Å². The fourth-order valence-corrected chi connectivity index (χ4v) is 8.01. The molecule has 0 saturated carbocycles. The summed E-state index contributed by atoms with van der Waals surface area (Å²) in [6.07, 6.45) is 14.3. The molecular formula is C45H35N9O4S2. The summed E-state index contributed by atoms with van der Waals surface area (Å²) in [6.45, 7) is 8.32. The van der Waals surface area contributed by atoms with Gasteiger partial charge >= 0.3 is 0 Å². The van der Waals surface area contributed by atoms with E-state index in [-0.39, 0.29) is 39.4 Å². The summed E-state index contributed by atoms with van der Waals surface area (Å²) in [5.41, 5.74) is 6.46. The van der Waals surface area contributed by atoms with E-state index in [4.69, 9.17) is 6.57 Å². The first kappa shape index (κ1) is 43.2. The first-order chi connectivity index (χ1) is 28.7.